The van der Waals surface area contributed by atoms with Gasteiger partial charge in [0.1, 0.15) is 10.5 Å². The van der Waals surface area contributed by atoms with E-state index in [1.54, 1.807) is 0 Å². The van der Waals surface area contributed by atoms with E-state index in [0.29, 0.717) is 6.10 Å². The molecule has 1 rings (SSSR count). The summed E-state index contributed by atoms with van der Waals surface area (Å²) >= 11 is 0. The highest BCUT2D eigenvalue weighted by atomic mass is 28.2. The van der Waals surface area contributed by atoms with Crippen LogP contribution < -0.4 is 0 Å². The van der Waals surface area contributed by atoms with Gasteiger partial charge >= 0.3 is 0 Å². The molecule has 1 unspecified atom stereocenters. The minimum atomic E-state index is 0.324. The maximum absolute atomic E-state index is 5.63. The molecular weight excluding hydrogens is 188 g/mol. The lowest BCUT2D eigenvalue weighted by molar-refractivity contribution is 0.204. The second kappa shape index (κ2) is 5.99. The first kappa shape index (κ1) is 11.5. The second-order valence-electron chi connectivity index (χ2n) is 4.11. The summed E-state index contributed by atoms with van der Waals surface area (Å²) in [7, 11) is 0.817. The molecule has 0 N–H and O–H groups in total. The molecule has 0 aliphatic carbocycles. The van der Waals surface area contributed by atoms with E-state index in [9.17, 15) is 0 Å². The SMILES string of the molecule is CC(C)CCC(O[SiH3])c1ccccc1. The van der Waals surface area contributed by atoms with Crippen molar-refractivity contribution in [1.82, 2.24) is 0 Å². The topological polar surface area (TPSA) is 9.23 Å². The fourth-order valence-corrected chi connectivity index (χ4v) is 2.08. The number of hydrogen-bond acceptors (Lipinski definition) is 1. The maximum atomic E-state index is 5.63. The summed E-state index contributed by atoms with van der Waals surface area (Å²) in [5.74, 6) is 0.762. The van der Waals surface area contributed by atoms with Gasteiger partial charge in [-0.3, -0.25) is 0 Å². The quantitative estimate of drug-likeness (QED) is 0.675. The first-order chi connectivity index (χ1) is 6.74. The lowest BCUT2D eigenvalue weighted by Crippen LogP contribution is -2.03. The molecule has 0 spiro atoms. The van der Waals surface area contributed by atoms with Crippen molar-refractivity contribution in [3.05, 3.63) is 35.9 Å². The second-order valence-corrected chi connectivity index (χ2v) is 4.58. The van der Waals surface area contributed by atoms with Crippen LogP contribution in [0.15, 0.2) is 30.3 Å². The van der Waals surface area contributed by atoms with Gasteiger partial charge in [0, 0.05) is 0 Å². The highest BCUT2D eigenvalue weighted by Crippen LogP contribution is 2.23. The largest absolute Gasteiger partial charge is 0.421 e. The molecule has 2 heteroatoms. The molecule has 1 aromatic rings. The van der Waals surface area contributed by atoms with E-state index in [4.69, 9.17) is 4.43 Å². The minimum absolute atomic E-state index is 0.324. The predicted octanol–water partition coefficient (Wildman–Crippen LogP) is 2.46. The van der Waals surface area contributed by atoms with Crippen LogP contribution in [0.25, 0.3) is 0 Å². The molecule has 0 saturated carbocycles. The molecule has 14 heavy (non-hydrogen) atoms. The van der Waals surface area contributed by atoms with E-state index < -0.39 is 0 Å². The summed E-state index contributed by atoms with van der Waals surface area (Å²) in [6.45, 7) is 4.52. The van der Waals surface area contributed by atoms with Crippen molar-refractivity contribution in [2.75, 3.05) is 0 Å². The van der Waals surface area contributed by atoms with Gasteiger partial charge < -0.3 is 4.43 Å². The molecule has 0 radical (unpaired) electrons. The van der Waals surface area contributed by atoms with Gasteiger partial charge in [0.15, 0.2) is 0 Å². The van der Waals surface area contributed by atoms with E-state index in [-0.39, 0.29) is 0 Å². The average Bonchev–Trinajstić information content (AvgIpc) is 2.20. The first-order valence-corrected chi connectivity index (χ1v) is 6.13. The highest BCUT2D eigenvalue weighted by Gasteiger charge is 2.09. The molecule has 0 fully saturated rings. The van der Waals surface area contributed by atoms with Crippen LogP contribution in [0.2, 0.25) is 0 Å². The summed E-state index contributed by atoms with van der Waals surface area (Å²) in [6, 6.07) is 10.5. The molecule has 1 nitrogen and oxygen atoms in total. The van der Waals surface area contributed by atoms with E-state index in [2.05, 4.69) is 44.2 Å². The van der Waals surface area contributed by atoms with Crippen molar-refractivity contribution in [1.29, 1.82) is 0 Å². The summed E-state index contributed by atoms with van der Waals surface area (Å²) < 4.78 is 5.63. The van der Waals surface area contributed by atoms with Crippen LogP contribution in [0, 0.1) is 5.92 Å². The van der Waals surface area contributed by atoms with Gasteiger partial charge in [-0.2, -0.15) is 0 Å². The van der Waals surface area contributed by atoms with Gasteiger partial charge in [-0.05, 0) is 24.3 Å². The van der Waals surface area contributed by atoms with Gasteiger partial charge in [-0.25, -0.2) is 0 Å². The predicted molar refractivity (Wildman–Crippen MR) is 64.3 cm³/mol. The Balaban J connectivity index is 2.54. The molecule has 0 amide bonds. The Bertz CT molecular complexity index is 246. The standard InChI is InChI=1S/C12H20OSi/c1-10(2)8-9-12(13-14)11-6-4-3-5-7-11/h3-7,10,12H,8-9H2,1-2,14H3. The molecule has 0 saturated heterocycles. The molecular formula is C12H20OSi. The molecule has 0 heterocycles. The highest BCUT2D eigenvalue weighted by molar-refractivity contribution is 5.98. The van der Waals surface area contributed by atoms with Gasteiger partial charge in [-0.1, -0.05) is 44.2 Å². The zero-order chi connectivity index (χ0) is 10.4. The minimum Gasteiger partial charge on any atom is -0.421 e. The molecule has 0 bridgehead atoms. The Hall–Kier alpha value is -0.603. The van der Waals surface area contributed by atoms with E-state index >= 15 is 0 Å². The Kier molecular flexibility index (Phi) is 4.91. The Morgan fingerprint density at radius 2 is 1.79 bits per heavy atom. The summed E-state index contributed by atoms with van der Waals surface area (Å²) in [5, 5.41) is 0. The van der Waals surface area contributed by atoms with Crippen molar-refractivity contribution in [3.63, 3.8) is 0 Å². The van der Waals surface area contributed by atoms with Crippen molar-refractivity contribution in [3.8, 4) is 0 Å². The third-order valence-corrected chi connectivity index (χ3v) is 3.03. The maximum Gasteiger partial charge on any atom is 0.146 e. The zero-order valence-corrected chi connectivity index (χ0v) is 11.4. The Morgan fingerprint density at radius 3 is 2.29 bits per heavy atom. The lowest BCUT2D eigenvalue weighted by atomic mass is 10.0. The number of hydrogen-bond donors (Lipinski definition) is 0. The van der Waals surface area contributed by atoms with E-state index in [1.807, 2.05) is 0 Å². The first-order valence-electron chi connectivity index (χ1n) is 5.31. The van der Waals surface area contributed by atoms with Crippen LogP contribution >= 0.6 is 0 Å². The van der Waals surface area contributed by atoms with Gasteiger partial charge in [0.25, 0.3) is 0 Å². The van der Waals surface area contributed by atoms with Gasteiger partial charge in [0.2, 0.25) is 0 Å². The van der Waals surface area contributed by atoms with E-state index in [0.717, 1.165) is 22.8 Å². The number of rotatable bonds is 5. The van der Waals surface area contributed by atoms with Gasteiger partial charge in [0.05, 0.1) is 6.10 Å². The van der Waals surface area contributed by atoms with Crippen LogP contribution in [0.1, 0.15) is 38.4 Å². The third-order valence-electron chi connectivity index (χ3n) is 2.46. The van der Waals surface area contributed by atoms with Crippen LogP contribution in [-0.2, 0) is 4.43 Å². The molecule has 1 atom stereocenters. The summed E-state index contributed by atoms with van der Waals surface area (Å²) in [5.41, 5.74) is 1.32. The van der Waals surface area contributed by atoms with Crippen LogP contribution in [-0.4, -0.2) is 10.5 Å². The third kappa shape index (κ3) is 3.64. The Morgan fingerprint density at radius 1 is 1.14 bits per heavy atom. The van der Waals surface area contributed by atoms with E-state index in [1.165, 1.54) is 12.0 Å². The monoisotopic (exact) mass is 208 g/mol. The summed E-state index contributed by atoms with van der Waals surface area (Å²) in [6.07, 6.45) is 2.71. The van der Waals surface area contributed by atoms with Crippen molar-refractivity contribution in [2.24, 2.45) is 5.92 Å². The molecule has 0 aliphatic rings. The van der Waals surface area contributed by atoms with Crippen LogP contribution in [0.5, 0.6) is 0 Å². The van der Waals surface area contributed by atoms with Crippen LogP contribution in [0.3, 0.4) is 0 Å². The fourth-order valence-electron chi connectivity index (χ4n) is 1.57. The molecule has 0 aromatic heterocycles. The van der Waals surface area contributed by atoms with Crippen molar-refractivity contribution < 1.29 is 4.43 Å². The Labute approximate surface area is 90.0 Å². The smallest absolute Gasteiger partial charge is 0.146 e. The average molecular weight is 208 g/mol. The summed E-state index contributed by atoms with van der Waals surface area (Å²) in [4.78, 5) is 0. The lowest BCUT2D eigenvalue weighted by Gasteiger charge is -2.17. The van der Waals surface area contributed by atoms with Crippen molar-refractivity contribution in [2.45, 2.75) is 32.8 Å². The molecule has 78 valence electrons. The zero-order valence-electron chi connectivity index (χ0n) is 9.36. The van der Waals surface area contributed by atoms with Gasteiger partial charge in [-0.15, -0.1) is 0 Å². The fraction of sp³-hybridized carbons (Fsp3) is 0.500. The molecule has 1 aromatic carbocycles. The van der Waals surface area contributed by atoms with Crippen molar-refractivity contribution >= 4 is 10.5 Å². The molecule has 0 aliphatic heterocycles. The number of benzene rings is 1. The normalized spacial score (nSPS) is 13.4. The van der Waals surface area contributed by atoms with Crippen LogP contribution in [0.4, 0.5) is 0 Å².